The van der Waals surface area contributed by atoms with Crippen LogP contribution in [0.15, 0.2) is 18.2 Å². The zero-order chi connectivity index (χ0) is 10.1. The molecule has 0 heterocycles. The van der Waals surface area contributed by atoms with Crippen LogP contribution >= 0.6 is 0 Å². The van der Waals surface area contributed by atoms with Crippen LogP contribution in [0, 0.1) is 23.1 Å². The summed E-state index contributed by atoms with van der Waals surface area (Å²) >= 11 is 0. The summed E-state index contributed by atoms with van der Waals surface area (Å²) < 4.78 is 13.4. The molecule has 0 bridgehead atoms. The normalized spacial score (nSPS) is 17.5. The average molecular weight is 190 g/mol. The molecule has 1 fully saturated rings. The first kappa shape index (κ1) is 9.17. The molecule has 1 aromatic rings. The Balaban J connectivity index is 2.35. The van der Waals surface area contributed by atoms with Crippen LogP contribution in [0.2, 0.25) is 0 Å². The maximum Gasteiger partial charge on any atom is 0.128 e. The highest BCUT2D eigenvalue weighted by molar-refractivity contribution is 5.35. The average Bonchev–Trinajstić information content (AvgIpc) is 3.01. The SMILES string of the molecule is N#Cc1ccc(F)c([C@H](N)C2CC2)c1. The van der Waals surface area contributed by atoms with Gasteiger partial charge in [0.2, 0.25) is 0 Å². The van der Waals surface area contributed by atoms with Crippen molar-refractivity contribution in [1.29, 1.82) is 5.26 Å². The molecule has 1 aliphatic carbocycles. The van der Waals surface area contributed by atoms with E-state index >= 15 is 0 Å². The van der Waals surface area contributed by atoms with E-state index in [-0.39, 0.29) is 11.9 Å². The lowest BCUT2D eigenvalue weighted by molar-refractivity contribution is 0.553. The van der Waals surface area contributed by atoms with Crippen molar-refractivity contribution in [3.63, 3.8) is 0 Å². The number of nitrogens with two attached hydrogens (primary N) is 1. The number of rotatable bonds is 2. The van der Waals surface area contributed by atoms with E-state index in [1.807, 2.05) is 6.07 Å². The van der Waals surface area contributed by atoms with Crippen LogP contribution in [0.5, 0.6) is 0 Å². The minimum absolute atomic E-state index is 0.247. The molecule has 1 saturated carbocycles. The topological polar surface area (TPSA) is 49.8 Å². The van der Waals surface area contributed by atoms with E-state index < -0.39 is 0 Å². The zero-order valence-corrected chi connectivity index (χ0v) is 7.70. The molecule has 0 unspecified atom stereocenters. The number of hydrogen-bond acceptors (Lipinski definition) is 2. The molecule has 0 spiro atoms. The van der Waals surface area contributed by atoms with Crippen molar-refractivity contribution in [2.75, 3.05) is 0 Å². The van der Waals surface area contributed by atoms with E-state index in [1.54, 1.807) is 6.07 Å². The second kappa shape index (κ2) is 3.39. The fourth-order valence-corrected chi connectivity index (χ4v) is 1.58. The Bertz CT molecular complexity index is 391. The van der Waals surface area contributed by atoms with Gasteiger partial charge in [0, 0.05) is 11.6 Å². The molecule has 2 nitrogen and oxygen atoms in total. The van der Waals surface area contributed by atoms with Gasteiger partial charge in [-0.25, -0.2) is 4.39 Å². The number of benzene rings is 1. The second-order valence-corrected chi connectivity index (χ2v) is 3.71. The summed E-state index contributed by atoms with van der Waals surface area (Å²) in [6.07, 6.45) is 2.13. The van der Waals surface area contributed by atoms with E-state index in [1.165, 1.54) is 12.1 Å². The zero-order valence-electron chi connectivity index (χ0n) is 7.70. The van der Waals surface area contributed by atoms with Crippen molar-refractivity contribution in [3.8, 4) is 6.07 Å². The molecule has 1 aliphatic rings. The smallest absolute Gasteiger partial charge is 0.128 e. The molecule has 0 radical (unpaired) electrons. The summed E-state index contributed by atoms with van der Waals surface area (Å²) in [4.78, 5) is 0. The van der Waals surface area contributed by atoms with Crippen molar-refractivity contribution in [1.82, 2.24) is 0 Å². The van der Waals surface area contributed by atoms with E-state index in [0.717, 1.165) is 12.8 Å². The Morgan fingerprint density at radius 1 is 1.50 bits per heavy atom. The molecule has 2 rings (SSSR count). The van der Waals surface area contributed by atoms with E-state index in [9.17, 15) is 4.39 Å². The van der Waals surface area contributed by atoms with Crippen LogP contribution in [-0.4, -0.2) is 0 Å². The summed E-state index contributed by atoms with van der Waals surface area (Å²) in [6, 6.07) is 6.08. The Morgan fingerprint density at radius 3 is 2.79 bits per heavy atom. The number of hydrogen-bond donors (Lipinski definition) is 1. The van der Waals surface area contributed by atoms with Gasteiger partial charge >= 0.3 is 0 Å². The lowest BCUT2D eigenvalue weighted by atomic mass is 10.0. The van der Waals surface area contributed by atoms with Gasteiger partial charge in [0.25, 0.3) is 0 Å². The molecule has 72 valence electrons. The summed E-state index contributed by atoms with van der Waals surface area (Å²) in [6.45, 7) is 0. The quantitative estimate of drug-likeness (QED) is 0.776. The van der Waals surface area contributed by atoms with Crippen LogP contribution in [-0.2, 0) is 0 Å². The Morgan fingerprint density at radius 2 is 2.21 bits per heavy atom. The van der Waals surface area contributed by atoms with E-state index in [0.29, 0.717) is 17.0 Å². The number of nitrogens with zero attached hydrogens (tertiary/aromatic N) is 1. The fourth-order valence-electron chi connectivity index (χ4n) is 1.58. The summed E-state index contributed by atoms with van der Waals surface area (Å²) in [7, 11) is 0. The predicted octanol–water partition coefficient (Wildman–Crippen LogP) is 2.11. The standard InChI is InChI=1S/C11H11FN2/c12-10-4-1-7(6-13)5-9(10)11(14)8-2-3-8/h1,4-5,8,11H,2-3,14H2/t11-/m1/s1. The van der Waals surface area contributed by atoms with Crippen LogP contribution in [0.4, 0.5) is 4.39 Å². The predicted molar refractivity (Wildman–Crippen MR) is 50.8 cm³/mol. The first-order valence-corrected chi connectivity index (χ1v) is 4.67. The van der Waals surface area contributed by atoms with Crippen molar-refractivity contribution < 1.29 is 4.39 Å². The van der Waals surface area contributed by atoms with Crippen LogP contribution in [0.1, 0.15) is 30.0 Å². The molecule has 2 N–H and O–H groups in total. The van der Waals surface area contributed by atoms with Crippen molar-refractivity contribution in [3.05, 3.63) is 35.1 Å². The van der Waals surface area contributed by atoms with Gasteiger partial charge in [0.05, 0.1) is 11.6 Å². The Hall–Kier alpha value is -1.40. The van der Waals surface area contributed by atoms with Crippen molar-refractivity contribution in [2.24, 2.45) is 11.7 Å². The fraction of sp³-hybridized carbons (Fsp3) is 0.364. The van der Waals surface area contributed by atoms with Gasteiger partial charge < -0.3 is 5.73 Å². The van der Waals surface area contributed by atoms with Gasteiger partial charge in [0.15, 0.2) is 0 Å². The third kappa shape index (κ3) is 1.61. The highest BCUT2D eigenvalue weighted by Gasteiger charge is 2.31. The summed E-state index contributed by atoms with van der Waals surface area (Å²) in [5.74, 6) is 0.0989. The maximum absolute atomic E-state index is 13.4. The first-order chi connectivity index (χ1) is 6.72. The van der Waals surface area contributed by atoms with Crippen molar-refractivity contribution >= 4 is 0 Å². The molecule has 3 heteroatoms. The molecular weight excluding hydrogens is 179 g/mol. The minimum atomic E-state index is -0.302. The van der Waals surface area contributed by atoms with Gasteiger partial charge in [0.1, 0.15) is 5.82 Å². The lowest BCUT2D eigenvalue weighted by Gasteiger charge is -2.11. The molecule has 14 heavy (non-hydrogen) atoms. The van der Waals surface area contributed by atoms with Gasteiger partial charge in [-0.15, -0.1) is 0 Å². The third-order valence-corrected chi connectivity index (χ3v) is 2.61. The van der Waals surface area contributed by atoms with Crippen LogP contribution in [0.3, 0.4) is 0 Å². The lowest BCUT2D eigenvalue weighted by Crippen LogP contribution is -2.14. The van der Waals surface area contributed by atoms with Gasteiger partial charge in [-0.05, 0) is 37.0 Å². The first-order valence-electron chi connectivity index (χ1n) is 4.67. The maximum atomic E-state index is 13.4. The second-order valence-electron chi connectivity index (χ2n) is 3.71. The van der Waals surface area contributed by atoms with Gasteiger partial charge in [-0.1, -0.05) is 0 Å². The molecule has 0 aliphatic heterocycles. The molecular formula is C11H11FN2. The van der Waals surface area contributed by atoms with Crippen LogP contribution in [0.25, 0.3) is 0 Å². The monoisotopic (exact) mass is 190 g/mol. The molecule has 0 saturated heterocycles. The third-order valence-electron chi connectivity index (χ3n) is 2.61. The van der Waals surface area contributed by atoms with Gasteiger partial charge in [-0.2, -0.15) is 5.26 Å². The summed E-state index contributed by atoms with van der Waals surface area (Å²) in [5, 5.41) is 8.68. The molecule has 0 amide bonds. The Labute approximate surface area is 82.1 Å². The van der Waals surface area contributed by atoms with Crippen molar-refractivity contribution in [2.45, 2.75) is 18.9 Å². The highest BCUT2D eigenvalue weighted by Crippen LogP contribution is 2.40. The number of nitriles is 1. The summed E-state index contributed by atoms with van der Waals surface area (Å²) in [5.41, 5.74) is 6.82. The molecule has 1 aromatic carbocycles. The van der Waals surface area contributed by atoms with Gasteiger partial charge in [-0.3, -0.25) is 0 Å². The Kier molecular flexibility index (Phi) is 2.22. The minimum Gasteiger partial charge on any atom is -0.324 e. The van der Waals surface area contributed by atoms with Crippen LogP contribution < -0.4 is 5.73 Å². The highest BCUT2D eigenvalue weighted by atomic mass is 19.1. The van der Waals surface area contributed by atoms with E-state index in [2.05, 4.69) is 0 Å². The number of halogens is 1. The molecule has 0 aromatic heterocycles. The van der Waals surface area contributed by atoms with E-state index in [4.69, 9.17) is 11.0 Å². The largest absolute Gasteiger partial charge is 0.324 e. The molecule has 1 atom stereocenters.